The molecule has 86 valence electrons. The van der Waals surface area contributed by atoms with Crippen molar-refractivity contribution in [3.63, 3.8) is 0 Å². The average Bonchev–Trinajstić information content (AvgIpc) is 2.98. The molecule has 2 heterocycles. The number of benzene rings is 1. The van der Waals surface area contributed by atoms with Gasteiger partial charge in [0.1, 0.15) is 4.62 Å². The maximum Gasteiger partial charge on any atom is 0.167 e. The van der Waals surface area contributed by atoms with Gasteiger partial charge in [-0.3, -0.25) is 0 Å². The van der Waals surface area contributed by atoms with Crippen LogP contribution in [0.4, 0.5) is 0 Å². The van der Waals surface area contributed by atoms with E-state index in [0.29, 0.717) is 0 Å². The first-order valence-corrected chi connectivity index (χ1v) is 7.02. The number of hydrogen-bond donors (Lipinski definition) is 0. The molecule has 0 saturated heterocycles. The fourth-order valence-electron chi connectivity index (χ4n) is 1.80. The molecule has 1 atom stereocenters. The van der Waals surface area contributed by atoms with Crippen molar-refractivity contribution in [2.45, 2.75) is 12.5 Å². The SMILES string of the molecule is BrC1=NO[C@@H](c2cc(-c3ccccc3)cs2)C1. The van der Waals surface area contributed by atoms with E-state index in [1.165, 1.54) is 16.0 Å². The smallest absolute Gasteiger partial charge is 0.167 e. The molecule has 0 N–H and O–H groups in total. The third kappa shape index (κ3) is 2.28. The summed E-state index contributed by atoms with van der Waals surface area (Å²) in [6, 6.07) is 12.6. The molecule has 1 aliphatic heterocycles. The Morgan fingerprint density at radius 2 is 2.06 bits per heavy atom. The molecule has 0 unspecified atom stereocenters. The zero-order chi connectivity index (χ0) is 11.7. The highest BCUT2D eigenvalue weighted by Crippen LogP contribution is 2.35. The van der Waals surface area contributed by atoms with Crippen LogP contribution in [0.25, 0.3) is 11.1 Å². The van der Waals surface area contributed by atoms with E-state index in [4.69, 9.17) is 4.84 Å². The van der Waals surface area contributed by atoms with Gasteiger partial charge in [-0.1, -0.05) is 35.5 Å². The molecule has 0 bridgehead atoms. The van der Waals surface area contributed by atoms with Crippen molar-refractivity contribution in [2.75, 3.05) is 0 Å². The van der Waals surface area contributed by atoms with E-state index in [0.717, 1.165) is 11.0 Å². The Morgan fingerprint density at radius 1 is 1.24 bits per heavy atom. The molecule has 0 saturated carbocycles. The van der Waals surface area contributed by atoms with E-state index in [1.54, 1.807) is 11.3 Å². The highest BCUT2D eigenvalue weighted by molar-refractivity contribution is 9.18. The second kappa shape index (κ2) is 4.63. The second-order valence-electron chi connectivity index (χ2n) is 3.87. The molecule has 1 aromatic heterocycles. The molecule has 1 aromatic carbocycles. The van der Waals surface area contributed by atoms with Crippen LogP contribution in [0.1, 0.15) is 17.4 Å². The van der Waals surface area contributed by atoms with E-state index < -0.39 is 0 Å². The summed E-state index contributed by atoms with van der Waals surface area (Å²) in [5, 5.41) is 6.08. The van der Waals surface area contributed by atoms with Gasteiger partial charge in [0.15, 0.2) is 6.10 Å². The normalized spacial score (nSPS) is 18.9. The molecule has 1 aliphatic rings. The molecule has 0 radical (unpaired) electrons. The highest BCUT2D eigenvalue weighted by Gasteiger charge is 2.22. The van der Waals surface area contributed by atoms with Gasteiger partial charge in [0.05, 0.1) is 0 Å². The maximum absolute atomic E-state index is 5.35. The average molecular weight is 308 g/mol. The second-order valence-corrected chi connectivity index (χ2v) is 5.73. The molecule has 4 heteroatoms. The van der Waals surface area contributed by atoms with Gasteiger partial charge in [-0.2, -0.15) is 0 Å². The van der Waals surface area contributed by atoms with E-state index in [9.17, 15) is 0 Å². The van der Waals surface area contributed by atoms with Gasteiger partial charge in [-0.05, 0) is 38.5 Å². The lowest BCUT2D eigenvalue weighted by atomic mass is 10.1. The van der Waals surface area contributed by atoms with Crippen molar-refractivity contribution in [3.05, 3.63) is 46.7 Å². The summed E-state index contributed by atoms with van der Waals surface area (Å²) in [5.41, 5.74) is 2.49. The van der Waals surface area contributed by atoms with E-state index >= 15 is 0 Å². The van der Waals surface area contributed by atoms with Crippen molar-refractivity contribution < 1.29 is 4.84 Å². The van der Waals surface area contributed by atoms with Crippen LogP contribution in [0.2, 0.25) is 0 Å². The maximum atomic E-state index is 5.35. The van der Waals surface area contributed by atoms with Crippen molar-refractivity contribution in [2.24, 2.45) is 5.16 Å². The van der Waals surface area contributed by atoms with Crippen LogP contribution in [0.5, 0.6) is 0 Å². The van der Waals surface area contributed by atoms with Gasteiger partial charge >= 0.3 is 0 Å². The monoisotopic (exact) mass is 307 g/mol. The third-order valence-corrected chi connectivity index (χ3v) is 4.17. The number of hydrogen-bond acceptors (Lipinski definition) is 3. The lowest BCUT2D eigenvalue weighted by Crippen LogP contribution is -1.92. The summed E-state index contributed by atoms with van der Waals surface area (Å²) in [6.07, 6.45) is 0.904. The first-order chi connectivity index (χ1) is 8.33. The van der Waals surface area contributed by atoms with E-state index in [2.05, 4.69) is 56.8 Å². The number of oxime groups is 1. The van der Waals surface area contributed by atoms with Gasteiger partial charge in [-0.15, -0.1) is 11.3 Å². The van der Waals surface area contributed by atoms with Crippen LogP contribution in [-0.4, -0.2) is 4.62 Å². The largest absolute Gasteiger partial charge is 0.386 e. The van der Waals surface area contributed by atoms with Crippen molar-refractivity contribution in [1.29, 1.82) is 0 Å². The topological polar surface area (TPSA) is 21.6 Å². The molecular weight excluding hydrogens is 298 g/mol. The predicted octanol–water partition coefficient (Wildman–Crippen LogP) is 4.58. The number of nitrogens with zero attached hydrogens (tertiary/aromatic N) is 1. The Kier molecular flexibility index (Phi) is 2.99. The van der Waals surface area contributed by atoms with Crippen LogP contribution < -0.4 is 0 Å². The molecule has 0 fully saturated rings. The fraction of sp³-hybridized carbons (Fsp3) is 0.154. The first kappa shape index (κ1) is 11.0. The van der Waals surface area contributed by atoms with Gasteiger partial charge in [0, 0.05) is 11.3 Å². The summed E-state index contributed by atoms with van der Waals surface area (Å²) in [4.78, 5) is 6.58. The standard InChI is InChI=1S/C13H10BrNOS/c14-13-7-11(16-15-13)12-6-10(8-17-12)9-4-2-1-3-5-9/h1-6,8,11H,7H2/t11-/m1/s1. The van der Waals surface area contributed by atoms with Gasteiger partial charge in [0.25, 0.3) is 0 Å². The minimum atomic E-state index is 0.0758. The molecule has 0 spiro atoms. The van der Waals surface area contributed by atoms with Crippen LogP contribution >= 0.6 is 27.3 Å². The van der Waals surface area contributed by atoms with E-state index in [-0.39, 0.29) is 6.10 Å². The molecule has 2 nitrogen and oxygen atoms in total. The molecule has 0 aliphatic carbocycles. The van der Waals surface area contributed by atoms with E-state index in [1.807, 2.05) is 6.07 Å². The fourth-order valence-corrected chi connectivity index (χ4v) is 3.12. The Labute approximate surface area is 112 Å². The van der Waals surface area contributed by atoms with Crippen molar-refractivity contribution in [1.82, 2.24) is 0 Å². The van der Waals surface area contributed by atoms with Crippen LogP contribution in [-0.2, 0) is 4.84 Å². The number of halogens is 1. The molecule has 17 heavy (non-hydrogen) atoms. The molecule has 0 amide bonds. The lowest BCUT2D eigenvalue weighted by molar-refractivity contribution is 0.0884. The Hall–Kier alpha value is -1.13. The minimum absolute atomic E-state index is 0.0758. The molecular formula is C13H10BrNOS. The van der Waals surface area contributed by atoms with Crippen LogP contribution in [0.3, 0.4) is 0 Å². The number of rotatable bonds is 2. The Bertz CT molecular complexity index is 550. The summed E-state index contributed by atoms with van der Waals surface area (Å²) in [5.74, 6) is 0. The predicted molar refractivity (Wildman–Crippen MR) is 74.6 cm³/mol. The summed E-state index contributed by atoms with van der Waals surface area (Å²) in [6.45, 7) is 0. The third-order valence-electron chi connectivity index (χ3n) is 2.68. The zero-order valence-electron chi connectivity index (χ0n) is 8.97. The summed E-state index contributed by atoms with van der Waals surface area (Å²) in [7, 11) is 0. The van der Waals surface area contributed by atoms with Crippen molar-refractivity contribution >= 4 is 31.9 Å². The minimum Gasteiger partial charge on any atom is -0.386 e. The molecule has 3 rings (SSSR count). The number of thiophene rings is 1. The quantitative estimate of drug-likeness (QED) is 0.795. The zero-order valence-corrected chi connectivity index (χ0v) is 11.4. The Balaban J connectivity index is 1.84. The van der Waals surface area contributed by atoms with Gasteiger partial charge in [-0.25, -0.2) is 0 Å². The van der Waals surface area contributed by atoms with Crippen molar-refractivity contribution in [3.8, 4) is 11.1 Å². The summed E-state index contributed by atoms with van der Waals surface area (Å²) < 4.78 is 0.886. The van der Waals surface area contributed by atoms with Gasteiger partial charge < -0.3 is 4.84 Å². The summed E-state index contributed by atoms with van der Waals surface area (Å²) >= 11 is 5.08. The lowest BCUT2D eigenvalue weighted by Gasteiger charge is -2.03. The van der Waals surface area contributed by atoms with Crippen LogP contribution in [0.15, 0.2) is 46.9 Å². The first-order valence-electron chi connectivity index (χ1n) is 5.35. The van der Waals surface area contributed by atoms with Crippen LogP contribution in [0, 0.1) is 0 Å². The Morgan fingerprint density at radius 3 is 2.76 bits per heavy atom. The molecule has 2 aromatic rings. The highest BCUT2D eigenvalue weighted by atomic mass is 79.9. The van der Waals surface area contributed by atoms with Gasteiger partial charge in [0.2, 0.25) is 0 Å².